The van der Waals surface area contributed by atoms with E-state index in [-0.39, 0.29) is 41.4 Å². The van der Waals surface area contributed by atoms with E-state index < -0.39 is 41.7 Å². The third-order valence-electron chi connectivity index (χ3n) is 9.62. The molecule has 2 amide bonds. The van der Waals surface area contributed by atoms with Gasteiger partial charge in [0.05, 0.1) is 7.11 Å². The van der Waals surface area contributed by atoms with Crippen LogP contribution in [0.25, 0.3) is 11.6 Å². The average molecular weight is 640 g/mol. The molecule has 4 aromatic rings. The lowest BCUT2D eigenvalue weighted by molar-refractivity contribution is -0.140. The lowest BCUT2D eigenvalue weighted by Crippen LogP contribution is -2.52. The summed E-state index contributed by atoms with van der Waals surface area (Å²) < 4.78 is 24.1. The van der Waals surface area contributed by atoms with E-state index >= 15 is 0 Å². The third-order valence-corrected chi connectivity index (χ3v) is 9.62. The lowest BCUT2D eigenvalue weighted by atomic mass is 9.72. The third kappa shape index (κ3) is 4.29. The molecule has 13 heteroatoms. The minimum absolute atomic E-state index is 0.0277. The van der Waals surface area contributed by atoms with E-state index in [1.54, 1.807) is 18.7 Å². The van der Waals surface area contributed by atoms with E-state index in [1.165, 1.54) is 13.4 Å². The van der Waals surface area contributed by atoms with E-state index in [4.69, 9.17) is 23.3 Å². The molecule has 242 valence electrons. The van der Waals surface area contributed by atoms with Crippen molar-refractivity contribution in [1.29, 1.82) is 0 Å². The van der Waals surface area contributed by atoms with Crippen molar-refractivity contribution >= 4 is 23.5 Å². The number of hydrogen-bond donors (Lipinski definition) is 3. The fourth-order valence-corrected chi connectivity index (χ4v) is 7.31. The second kappa shape index (κ2) is 10.7. The maximum Gasteiger partial charge on any atom is 0.360 e. The predicted molar refractivity (Wildman–Crippen MR) is 164 cm³/mol. The first kappa shape index (κ1) is 29.2. The molecule has 6 heterocycles. The van der Waals surface area contributed by atoms with Crippen molar-refractivity contribution in [2.24, 2.45) is 5.92 Å². The van der Waals surface area contributed by atoms with E-state index in [0.29, 0.717) is 30.9 Å². The molecule has 1 spiro atoms. The number of oxazole rings is 2. The maximum absolute atomic E-state index is 14.3. The SMILES string of the molecule is COC(=O)c1coc(-c2nc3oc2C24c5ccccc5NC2Oc2ccc(cc24)CC(NC(=O)C(O)C(C)C)C(=O)N2CCCC32)n1. The normalized spacial score (nSPS) is 24.3. The highest BCUT2D eigenvalue weighted by Gasteiger charge is 2.61. The van der Waals surface area contributed by atoms with Crippen molar-refractivity contribution in [3.8, 4) is 17.3 Å². The topological polar surface area (TPSA) is 169 Å². The zero-order valence-electron chi connectivity index (χ0n) is 26.0. The van der Waals surface area contributed by atoms with Crippen molar-refractivity contribution in [3.63, 3.8) is 0 Å². The van der Waals surface area contributed by atoms with Crippen LogP contribution in [0.3, 0.4) is 0 Å². The van der Waals surface area contributed by atoms with Crippen LogP contribution in [-0.4, -0.2) is 69.8 Å². The molecule has 47 heavy (non-hydrogen) atoms. The predicted octanol–water partition coefficient (Wildman–Crippen LogP) is 3.32. The zero-order valence-corrected chi connectivity index (χ0v) is 26.0. The van der Waals surface area contributed by atoms with Gasteiger partial charge in [0.2, 0.25) is 23.6 Å². The number of anilines is 1. The molecular weight excluding hydrogens is 606 g/mol. The molecule has 8 rings (SSSR count). The molecule has 4 aliphatic heterocycles. The molecule has 2 aromatic carbocycles. The second-order valence-electron chi connectivity index (χ2n) is 12.7. The first-order valence-electron chi connectivity index (χ1n) is 15.7. The summed E-state index contributed by atoms with van der Waals surface area (Å²) in [5.41, 5.74) is 2.44. The van der Waals surface area contributed by atoms with Crippen LogP contribution < -0.4 is 15.4 Å². The van der Waals surface area contributed by atoms with Gasteiger partial charge >= 0.3 is 5.97 Å². The Hall–Kier alpha value is -5.17. The van der Waals surface area contributed by atoms with Crippen LogP contribution in [0.2, 0.25) is 0 Å². The molecule has 1 saturated heterocycles. The number of rotatable bonds is 5. The van der Waals surface area contributed by atoms with Gasteiger partial charge in [-0.2, -0.15) is 0 Å². The summed E-state index contributed by atoms with van der Waals surface area (Å²) in [6.07, 6.45) is 0.736. The highest BCUT2D eigenvalue weighted by Crippen LogP contribution is 2.59. The zero-order chi connectivity index (χ0) is 32.6. The summed E-state index contributed by atoms with van der Waals surface area (Å²) in [6, 6.07) is 12.0. The monoisotopic (exact) mass is 639 g/mol. The van der Waals surface area contributed by atoms with Crippen molar-refractivity contribution in [2.75, 3.05) is 19.0 Å². The van der Waals surface area contributed by atoms with Gasteiger partial charge < -0.3 is 38.9 Å². The number of aliphatic hydroxyl groups is 1. The highest BCUT2D eigenvalue weighted by atomic mass is 16.5. The molecule has 0 saturated carbocycles. The number of fused-ring (bicyclic) bond motifs is 6. The maximum atomic E-state index is 14.3. The van der Waals surface area contributed by atoms with Gasteiger partial charge in [-0.15, -0.1) is 0 Å². The first-order chi connectivity index (χ1) is 22.7. The van der Waals surface area contributed by atoms with Crippen molar-refractivity contribution < 1.29 is 37.8 Å². The number of methoxy groups -OCH3 is 1. The molecule has 1 fully saturated rings. The van der Waals surface area contributed by atoms with Crippen LogP contribution in [0.1, 0.15) is 71.6 Å². The van der Waals surface area contributed by atoms with Crippen LogP contribution >= 0.6 is 0 Å². The van der Waals surface area contributed by atoms with Gasteiger partial charge in [-0.1, -0.05) is 44.2 Å². The number of aliphatic hydroxyl groups excluding tert-OH is 1. The van der Waals surface area contributed by atoms with Crippen LogP contribution in [0.5, 0.6) is 5.75 Å². The Kier molecular flexibility index (Phi) is 6.65. The van der Waals surface area contributed by atoms with Crippen molar-refractivity contribution in [3.05, 3.63) is 82.8 Å². The largest absolute Gasteiger partial charge is 0.469 e. The number of amides is 2. The molecule has 5 atom stereocenters. The van der Waals surface area contributed by atoms with Crippen LogP contribution in [0.15, 0.2) is 57.6 Å². The van der Waals surface area contributed by atoms with Gasteiger partial charge in [-0.25, -0.2) is 14.8 Å². The van der Waals surface area contributed by atoms with Crippen molar-refractivity contribution in [2.45, 2.75) is 62.9 Å². The molecule has 4 bridgehead atoms. The van der Waals surface area contributed by atoms with Crippen LogP contribution in [0.4, 0.5) is 5.69 Å². The molecule has 5 unspecified atom stereocenters. The summed E-state index contributed by atoms with van der Waals surface area (Å²) in [6.45, 7) is 3.91. The fourth-order valence-electron chi connectivity index (χ4n) is 7.31. The van der Waals surface area contributed by atoms with Gasteiger partial charge in [0, 0.05) is 24.2 Å². The molecule has 4 aliphatic rings. The second-order valence-corrected chi connectivity index (χ2v) is 12.7. The first-order valence-corrected chi connectivity index (χ1v) is 15.7. The number of esters is 1. The molecular formula is C34H33N5O8. The van der Waals surface area contributed by atoms with Crippen molar-refractivity contribution in [1.82, 2.24) is 20.2 Å². The molecule has 0 aliphatic carbocycles. The summed E-state index contributed by atoms with van der Waals surface area (Å²) >= 11 is 0. The van der Waals surface area contributed by atoms with Gasteiger partial charge in [-0.05, 0) is 42.0 Å². The van der Waals surface area contributed by atoms with Gasteiger partial charge in [0.1, 0.15) is 35.6 Å². The number of ether oxygens (including phenoxy) is 2. The number of carbonyl (C=O) groups excluding carboxylic acids is 3. The van der Waals surface area contributed by atoms with E-state index in [9.17, 15) is 19.5 Å². The fraction of sp³-hybridized carbons (Fsp3) is 0.382. The summed E-state index contributed by atoms with van der Waals surface area (Å²) in [5.74, 6) is -0.587. The Bertz CT molecular complexity index is 1930. The Balaban J connectivity index is 1.37. The standard InChI is InChI=1S/C34H33N5O8/c1-16(2)26(40)28(41)35-21-14-17-10-11-24-19(13-17)34(18-7-4-5-8-20(18)37-33(34)46-24)27-25(30-36-22(15-45-30)32(43)44-3)38-29(47-27)23-9-6-12-39(23)31(21)42/h4-5,7-8,10-11,13,15-16,21,23,26,33,37,40H,6,9,12,14H2,1-3H3,(H,35,41). The number of para-hydroxylation sites is 1. The van der Waals surface area contributed by atoms with E-state index in [2.05, 4.69) is 15.6 Å². The Morgan fingerprint density at radius 3 is 2.81 bits per heavy atom. The Labute approximate surface area is 269 Å². The molecule has 2 aromatic heterocycles. The number of aromatic nitrogens is 2. The number of nitrogens with one attached hydrogen (secondary N) is 2. The minimum atomic E-state index is -1.27. The highest BCUT2D eigenvalue weighted by molar-refractivity contribution is 5.90. The quantitative estimate of drug-likeness (QED) is 0.274. The van der Waals surface area contributed by atoms with E-state index in [0.717, 1.165) is 22.4 Å². The summed E-state index contributed by atoms with van der Waals surface area (Å²) in [5, 5.41) is 16.9. The Morgan fingerprint density at radius 2 is 2.00 bits per heavy atom. The summed E-state index contributed by atoms with van der Waals surface area (Å²) in [7, 11) is 1.26. The van der Waals surface area contributed by atoms with E-state index in [1.807, 2.05) is 42.5 Å². The number of nitrogens with zero attached hydrogens (tertiary/aromatic N) is 3. The van der Waals surface area contributed by atoms with Gasteiger partial charge in [0.15, 0.2) is 23.4 Å². The lowest BCUT2D eigenvalue weighted by Gasteiger charge is -2.30. The average Bonchev–Trinajstić information content (AvgIpc) is 3.89. The smallest absolute Gasteiger partial charge is 0.360 e. The number of hydrogen-bond acceptors (Lipinski definition) is 11. The Morgan fingerprint density at radius 1 is 1.17 bits per heavy atom. The molecule has 0 radical (unpaired) electrons. The summed E-state index contributed by atoms with van der Waals surface area (Å²) in [4.78, 5) is 50.8. The van der Waals surface area contributed by atoms with Crippen LogP contribution in [0, 0.1) is 5.92 Å². The minimum Gasteiger partial charge on any atom is -0.469 e. The van der Waals surface area contributed by atoms with Gasteiger partial charge in [-0.3, -0.25) is 9.59 Å². The van der Waals surface area contributed by atoms with Gasteiger partial charge in [0.25, 0.3) is 0 Å². The molecule has 3 N–H and O–H groups in total. The number of benzene rings is 2. The number of carbonyl (C=O) groups is 3. The molecule has 13 nitrogen and oxygen atoms in total. The van der Waals surface area contributed by atoms with Crippen LogP contribution in [-0.2, 0) is 26.2 Å².